The predicted molar refractivity (Wildman–Crippen MR) is 84.1 cm³/mol. The van der Waals surface area contributed by atoms with Crippen LogP contribution in [0, 0.1) is 12.8 Å². The van der Waals surface area contributed by atoms with Gasteiger partial charge in [-0.2, -0.15) is 4.31 Å². The van der Waals surface area contributed by atoms with Crippen molar-refractivity contribution in [3.05, 3.63) is 23.8 Å². The van der Waals surface area contributed by atoms with E-state index in [2.05, 4.69) is 0 Å². The first-order chi connectivity index (χ1) is 9.73. The van der Waals surface area contributed by atoms with Crippen LogP contribution in [0.3, 0.4) is 0 Å². The molecule has 0 saturated heterocycles. The Morgan fingerprint density at radius 1 is 1.29 bits per heavy atom. The van der Waals surface area contributed by atoms with Crippen LogP contribution in [0.25, 0.3) is 0 Å². The van der Waals surface area contributed by atoms with Crippen molar-refractivity contribution < 1.29 is 13.5 Å². The Kier molecular flexibility index (Phi) is 4.60. The van der Waals surface area contributed by atoms with E-state index in [0.717, 1.165) is 24.1 Å². The van der Waals surface area contributed by atoms with Gasteiger partial charge in [0.25, 0.3) is 0 Å². The summed E-state index contributed by atoms with van der Waals surface area (Å²) in [4.78, 5) is 2.16. The fourth-order valence-electron chi connectivity index (χ4n) is 2.40. The lowest BCUT2D eigenvalue weighted by molar-refractivity contribution is 0.131. The van der Waals surface area contributed by atoms with Crippen LogP contribution in [0.4, 0.5) is 5.69 Å². The third-order valence-corrected chi connectivity index (χ3v) is 5.80. The minimum Gasteiger partial charge on any atom is -0.391 e. The monoisotopic (exact) mass is 312 g/mol. The van der Waals surface area contributed by atoms with Gasteiger partial charge in [0.05, 0.1) is 11.0 Å². The quantitative estimate of drug-likeness (QED) is 0.864. The highest BCUT2D eigenvalue weighted by atomic mass is 32.2. The molecule has 0 spiro atoms. The van der Waals surface area contributed by atoms with E-state index in [0.29, 0.717) is 0 Å². The zero-order chi connectivity index (χ0) is 15.8. The van der Waals surface area contributed by atoms with Crippen molar-refractivity contribution in [1.82, 2.24) is 4.31 Å². The molecule has 1 fully saturated rings. The van der Waals surface area contributed by atoms with Gasteiger partial charge in [-0.05, 0) is 43.4 Å². The second kappa shape index (κ2) is 5.94. The molecule has 1 aromatic carbocycles. The molecule has 1 aliphatic rings. The van der Waals surface area contributed by atoms with Crippen LogP contribution in [0.2, 0.25) is 0 Å². The molecule has 118 valence electrons. The molecule has 0 amide bonds. The number of hydrogen-bond acceptors (Lipinski definition) is 4. The fourth-order valence-corrected chi connectivity index (χ4v) is 3.61. The van der Waals surface area contributed by atoms with E-state index in [-0.39, 0.29) is 17.4 Å². The summed E-state index contributed by atoms with van der Waals surface area (Å²) < 4.78 is 26.4. The molecule has 0 heterocycles. The number of sulfonamides is 1. The number of nitrogens with zero attached hydrogens (tertiary/aromatic N) is 2. The number of rotatable bonds is 6. The number of benzene rings is 1. The molecule has 1 atom stereocenters. The maximum absolute atomic E-state index is 12.6. The molecule has 0 bridgehead atoms. The predicted octanol–water partition coefficient (Wildman–Crippen LogP) is 1.45. The van der Waals surface area contributed by atoms with E-state index < -0.39 is 16.1 Å². The number of aryl methyl sites for hydroxylation is 1. The number of anilines is 1. The number of aliphatic hydroxyl groups is 1. The number of hydrogen-bond donors (Lipinski definition) is 1. The van der Waals surface area contributed by atoms with Gasteiger partial charge in [-0.25, -0.2) is 8.42 Å². The van der Waals surface area contributed by atoms with Crippen molar-refractivity contribution in [3.8, 4) is 0 Å². The first-order valence-corrected chi connectivity index (χ1v) is 8.60. The molecule has 1 aromatic rings. The summed E-state index contributed by atoms with van der Waals surface area (Å²) in [6.07, 6.45) is 1.41. The second-order valence-electron chi connectivity index (χ2n) is 6.03. The topological polar surface area (TPSA) is 60.9 Å². The SMILES string of the molecule is Cc1ccc(S(=O)(=O)N(C)CC(O)C2CC2)cc1N(C)C. The van der Waals surface area contributed by atoms with Gasteiger partial charge in [0.2, 0.25) is 10.0 Å². The highest BCUT2D eigenvalue weighted by Crippen LogP contribution is 2.33. The highest BCUT2D eigenvalue weighted by molar-refractivity contribution is 7.89. The van der Waals surface area contributed by atoms with Crippen molar-refractivity contribution in [3.63, 3.8) is 0 Å². The summed E-state index contributed by atoms with van der Waals surface area (Å²) in [7, 11) is 1.73. The lowest BCUT2D eigenvalue weighted by Crippen LogP contribution is -2.35. The van der Waals surface area contributed by atoms with Crippen LogP contribution in [-0.4, -0.2) is 51.6 Å². The van der Waals surface area contributed by atoms with Crippen molar-refractivity contribution >= 4 is 15.7 Å². The molecule has 2 rings (SSSR count). The Morgan fingerprint density at radius 3 is 2.43 bits per heavy atom. The first-order valence-electron chi connectivity index (χ1n) is 7.16. The maximum Gasteiger partial charge on any atom is 0.242 e. The average molecular weight is 312 g/mol. The minimum absolute atomic E-state index is 0.151. The Bertz CT molecular complexity index is 609. The van der Waals surface area contributed by atoms with Crippen LogP contribution in [-0.2, 0) is 10.0 Å². The van der Waals surface area contributed by atoms with E-state index in [1.807, 2.05) is 32.0 Å². The van der Waals surface area contributed by atoms with Gasteiger partial charge >= 0.3 is 0 Å². The molecule has 0 radical (unpaired) electrons. The maximum atomic E-state index is 12.6. The van der Waals surface area contributed by atoms with Gasteiger partial charge in [-0.15, -0.1) is 0 Å². The largest absolute Gasteiger partial charge is 0.391 e. The first kappa shape index (κ1) is 16.3. The Balaban J connectivity index is 2.23. The summed E-state index contributed by atoms with van der Waals surface area (Å²) in [6.45, 7) is 2.10. The van der Waals surface area contributed by atoms with Crippen LogP contribution < -0.4 is 4.90 Å². The summed E-state index contributed by atoms with van der Waals surface area (Å²) in [5.74, 6) is 0.262. The Labute approximate surface area is 127 Å². The third-order valence-electron chi connectivity index (χ3n) is 3.98. The summed E-state index contributed by atoms with van der Waals surface area (Å²) in [6, 6.07) is 5.12. The smallest absolute Gasteiger partial charge is 0.242 e. The van der Waals surface area contributed by atoms with Crippen LogP contribution >= 0.6 is 0 Å². The van der Waals surface area contributed by atoms with Gasteiger partial charge in [-0.1, -0.05) is 6.07 Å². The van der Waals surface area contributed by atoms with Gasteiger partial charge in [0, 0.05) is 33.4 Å². The summed E-state index contributed by atoms with van der Waals surface area (Å²) in [5.41, 5.74) is 1.91. The van der Waals surface area contributed by atoms with E-state index in [1.54, 1.807) is 12.1 Å². The van der Waals surface area contributed by atoms with E-state index in [9.17, 15) is 13.5 Å². The Morgan fingerprint density at radius 2 is 1.90 bits per heavy atom. The van der Waals surface area contributed by atoms with Crippen molar-refractivity contribution in [2.45, 2.75) is 30.8 Å². The van der Waals surface area contributed by atoms with Crippen LogP contribution in [0.5, 0.6) is 0 Å². The van der Waals surface area contributed by atoms with Gasteiger partial charge < -0.3 is 10.0 Å². The molecule has 21 heavy (non-hydrogen) atoms. The second-order valence-corrected chi connectivity index (χ2v) is 8.08. The molecule has 1 N–H and O–H groups in total. The molecule has 1 unspecified atom stereocenters. The average Bonchev–Trinajstić information content (AvgIpc) is 3.22. The lowest BCUT2D eigenvalue weighted by atomic mass is 10.2. The molecule has 1 saturated carbocycles. The standard InChI is InChI=1S/C15H24N2O3S/c1-11-5-8-13(9-14(11)16(2)3)21(19,20)17(4)10-15(18)12-6-7-12/h5,8-9,12,15,18H,6-7,10H2,1-4H3. The fraction of sp³-hybridized carbons (Fsp3) is 0.600. The zero-order valence-corrected chi connectivity index (χ0v) is 13.9. The van der Waals surface area contributed by atoms with Gasteiger partial charge in [0.1, 0.15) is 0 Å². The van der Waals surface area contributed by atoms with Crippen molar-refractivity contribution in [2.75, 3.05) is 32.6 Å². The molecule has 5 nitrogen and oxygen atoms in total. The van der Waals surface area contributed by atoms with Crippen molar-refractivity contribution in [1.29, 1.82) is 0 Å². The zero-order valence-electron chi connectivity index (χ0n) is 13.1. The third kappa shape index (κ3) is 3.56. The number of aliphatic hydroxyl groups excluding tert-OH is 1. The summed E-state index contributed by atoms with van der Waals surface area (Å²) >= 11 is 0. The van der Waals surface area contributed by atoms with Gasteiger partial charge in [-0.3, -0.25) is 0 Å². The van der Waals surface area contributed by atoms with Crippen LogP contribution in [0.1, 0.15) is 18.4 Å². The number of likely N-dealkylation sites (N-methyl/N-ethyl adjacent to an activating group) is 1. The normalized spacial score (nSPS) is 17.0. The molecule has 1 aliphatic carbocycles. The van der Waals surface area contributed by atoms with Gasteiger partial charge in [0.15, 0.2) is 0 Å². The lowest BCUT2D eigenvalue weighted by Gasteiger charge is -2.22. The Hall–Kier alpha value is -1.11. The molecule has 0 aromatic heterocycles. The highest BCUT2D eigenvalue weighted by Gasteiger charge is 2.33. The molecule has 0 aliphatic heterocycles. The van der Waals surface area contributed by atoms with E-state index in [4.69, 9.17) is 0 Å². The molecular weight excluding hydrogens is 288 g/mol. The molecule has 6 heteroatoms. The minimum atomic E-state index is -3.57. The van der Waals surface area contributed by atoms with E-state index >= 15 is 0 Å². The molecular formula is C15H24N2O3S. The van der Waals surface area contributed by atoms with E-state index in [1.165, 1.54) is 11.4 Å². The van der Waals surface area contributed by atoms with Crippen LogP contribution in [0.15, 0.2) is 23.1 Å². The summed E-state index contributed by atoms with van der Waals surface area (Å²) in [5, 5.41) is 9.94. The van der Waals surface area contributed by atoms with Crippen molar-refractivity contribution in [2.24, 2.45) is 5.92 Å².